The van der Waals surface area contributed by atoms with Crippen LogP contribution in [0.2, 0.25) is 0 Å². The van der Waals surface area contributed by atoms with Crippen molar-refractivity contribution in [1.82, 2.24) is 0 Å². The largest absolute Gasteiger partial charge is 0.507 e. The smallest absolute Gasteiger partial charge is 0.339 e. The van der Waals surface area contributed by atoms with Crippen LogP contribution in [0.3, 0.4) is 0 Å². The number of phenols is 2. The number of hydrogen-bond acceptors (Lipinski definition) is 4. The molecule has 162 valence electrons. The topological polar surface area (TPSA) is 115 Å². The quantitative estimate of drug-likeness (QED) is 0.536. The van der Waals surface area contributed by atoms with Crippen molar-refractivity contribution in [2.24, 2.45) is 0 Å². The molecule has 6 heteroatoms. The summed E-state index contributed by atoms with van der Waals surface area (Å²) >= 11 is 0. The molecule has 2 rings (SSSR count). The van der Waals surface area contributed by atoms with Gasteiger partial charge in [-0.2, -0.15) is 0 Å². The molecule has 30 heavy (non-hydrogen) atoms. The molecule has 0 radical (unpaired) electrons. The molecule has 0 bridgehead atoms. The van der Waals surface area contributed by atoms with Gasteiger partial charge in [0.15, 0.2) is 0 Å². The van der Waals surface area contributed by atoms with E-state index < -0.39 is 22.8 Å². The van der Waals surface area contributed by atoms with E-state index in [0.29, 0.717) is 33.4 Å². The number of hydrogen-bond donors (Lipinski definition) is 4. The molecule has 2 aromatic rings. The van der Waals surface area contributed by atoms with E-state index in [9.17, 15) is 30.0 Å². The monoisotopic (exact) mass is 414 g/mol. The first-order chi connectivity index (χ1) is 13.5. The number of carbonyl (C=O) groups is 2. The minimum Gasteiger partial charge on any atom is -0.507 e. The molecule has 0 heterocycles. The standard InChI is InChI=1S/C24H30O6/c1-11-13(9-15(23(3,4)5)19(25)17(11)21(27)28)14-10-16(24(6,7)8)20(26)18(12(14)2)22(29)30/h9-10,25-26H,1-8H3,(H,27,28)(H,29,30). The molecule has 0 aliphatic rings. The lowest BCUT2D eigenvalue weighted by atomic mass is 9.78. The Morgan fingerprint density at radius 1 is 0.667 bits per heavy atom. The molecule has 0 atom stereocenters. The third kappa shape index (κ3) is 3.86. The molecule has 0 aliphatic heterocycles. The van der Waals surface area contributed by atoms with Crippen LogP contribution >= 0.6 is 0 Å². The summed E-state index contributed by atoms with van der Waals surface area (Å²) in [4.78, 5) is 23.9. The molecule has 0 unspecified atom stereocenters. The molecule has 0 amide bonds. The maximum absolute atomic E-state index is 12.0. The summed E-state index contributed by atoms with van der Waals surface area (Å²) in [7, 11) is 0. The van der Waals surface area contributed by atoms with E-state index in [0.717, 1.165) is 0 Å². The van der Waals surface area contributed by atoms with Crippen LogP contribution in [0.5, 0.6) is 11.5 Å². The maximum Gasteiger partial charge on any atom is 0.339 e. The fraction of sp³-hybridized carbons (Fsp3) is 0.417. The van der Waals surface area contributed by atoms with Crippen LogP contribution in [0, 0.1) is 13.8 Å². The average Bonchev–Trinajstić information content (AvgIpc) is 2.53. The van der Waals surface area contributed by atoms with Gasteiger partial charge in [-0.25, -0.2) is 9.59 Å². The molecule has 4 N–H and O–H groups in total. The van der Waals surface area contributed by atoms with Crippen LogP contribution in [0.25, 0.3) is 11.1 Å². The zero-order chi connectivity index (χ0) is 23.3. The predicted octanol–water partition coefficient (Wildman–Crippen LogP) is 5.37. The first-order valence-corrected chi connectivity index (χ1v) is 9.71. The second-order valence-electron chi connectivity index (χ2n) is 9.75. The number of aromatic carboxylic acids is 2. The Morgan fingerprint density at radius 2 is 0.933 bits per heavy atom. The Labute approximate surface area is 176 Å². The van der Waals surface area contributed by atoms with Gasteiger partial charge in [0.1, 0.15) is 22.6 Å². The summed E-state index contributed by atoms with van der Waals surface area (Å²) in [6.45, 7) is 14.3. The van der Waals surface area contributed by atoms with Crippen molar-refractivity contribution in [2.45, 2.75) is 66.2 Å². The Balaban J connectivity index is 3.11. The van der Waals surface area contributed by atoms with Gasteiger partial charge >= 0.3 is 11.9 Å². The normalized spacial score (nSPS) is 12.1. The van der Waals surface area contributed by atoms with Gasteiger partial charge in [0, 0.05) is 11.1 Å². The molecule has 0 spiro atoms. The van der Waals surface area contributed by atoms with Gasteiger partial charge in [-0.1, -0.05) is 41.5 Å². The minimum atomic E-state index is -1.26. The average molecular weight is 414 g/mol. The third-order valence-corrected chi connectivity index (χ3v) is 5.45. The van der Waals surface area contributed by atoms with Gasteiger partial charge in [0.25, 0.3) is 0 Å². The lowest BCUT2D eigenvalue weighted by molar-refractivity contribution is 0.0680. The van der Waals surface area contributed by atoms with Gasteiger partial charge in [-0.15, -0.1) is 0 Å². The fourth-order valence-corrected chi connectivity index (χ4v) is 3.76. The fourth-order valence-electron chi connectivity index (χ4n) is 3.76. The van der Waals surface area contributed by atoms with Crippen LogP contribution in [0.15, 0.2) is 12.1 Å². The maximum atomic E-state index is 12.0. The van der Waals surface area contributed by atoms with Crippen molar-refractivity contribution in [2.75, 3.05) is 0 Å². The highest BCUT2D eigenvalue weighted by molar-refractivity contribution is 5.99. The highest BCUT2D eigenvalue weighted by atomic mass is 16.4. The summed E-state index contributed by atoms with van der Waals surface area (Å²) < 4.78 is 0. The second kappa shape index (κ2) is 7.35. The zero-order valence-electron chi connectivity index (χ0n) is 18.8. The summed E-state index contributed by atoms with van der Waals surface area (Å²) in [6.07, 6.45) is 0. The van der Waals surface area contributed by atoms with Crippen LogP contribution in [-0.4, -0.2) is 32.4 Å². The molecule has 2 aromatic carbocycles. The van der Waals surface area contributed by atoms with Crippen molar-refractivity contribution in [3.05, 3.63) is 45.5 Å². The molecular weight excluding hydrogens is 384 g/mol. The number of benzene rings is 2. The van der Waals surface area contributed by atoms with E-state index in [1.165, 1.54) is 0 Å². The van der Waals surface area contributed by atoms with Crippen LogP contribution < -0.4 is 0 Å². The van der Waals surface area contributed by atoms with Crippen LogP contribution in [0.1, 0.15) is 84.5 Å². The number of rotatable bonds is 3. The summed E-state index contributed by atoms with van der Waals surface area (Å²) in [6, 6.07) is 3.43. The van der Waals surface area contributed by atoms with E-state index in [2.05, 4.69) is 0 Å². The summed E-state index contributed by atoms with van der Waals surface area (Å²) in [5.74, 6) is -3.10. The SMILES string of the molecule is Cc1c(-c2cc(C(C)(C)C)c(O)c(C(=O)O)c2C)cc(C(C)(C)C)c(O)c1C(=O)O. The molecule has 6 nitrogen and oxygen atoms in total. The Bertz CT molecular complexity index is 964. The lowest BCUT2D eigenvalue weighted by Crippen LogP contribution is -2.17. The van der Waals surface area contributed by atoms with Crippen molar-refractivity contribution in [3.63, 3.8) is 0 Å². The molecule has 0 aromatic heterocycles. The van der Waals surface area contributed by atoms with Crippen molar-refractivity contribution >= 4 is 11.9 Å². The molecule has 0 saturated heterocycles. The van der Waals surface area contributed by atoms with E-state index in [1.807, 2.05) is 41.5 Å². The number of aromatic hydroxyl groups is 2. The summed E-state index contributed by atoms with van der Waals surface area (Å²) in [5.41, 5.74) is 1.06. The first-order valence-electron chi connectivity index (χ1n) is 9.71. The van der Waals surface area contributed by atoms with E-state index in [-0.39, 0.29) is 22.6 Å². The van der Waals surface area contributed by atoms with E-state index in [4.69, 9.17) is 0 Å². The Morgan fingerprint density at radius 3 is 1.13 bits per heavy atom. The third-order valence-electron chi connectivity index (χ3n) is 5.45. The highest BCUT2D eigenvalue weighted by Gasteiger charge is 2.31. The summed E-state index contributed by atoms with van der Waals surface area (Å²) in [5, 5.41) is 40.9. The van der Waals surface area contributed by atoms with Crippen LogP contribution in [-0.2, 0) is 10.8 Å². The van der Waals surface area contributed by atoms with E-state index in [1.54, 1.807) is 26.0 Å². The Hall–Kier alpha value is -3.02. The van der Waals surface area contributed by atoms with Gasteiger partial charge in [-0.3, -0.25) is 0 Å². The molecule has 0 fully saturated rings. The minimum absolute atomic E-state index is 0.209. The van der Waals surface area contributed by atoms with Gasteiger partial charge in [0.2, 0.25) is 0 Å². The predicted molar refractivity (Wildman–Crippen MR) is 116 cm³/mol. The van der Waals surface area contributed by atoms with Crippen LogP contribution in [0.4, 0.5) is 0 Å². The van der Waals surface area contributed by atoms with Crippen molar-refractivity contribution < 1.29 is 30.0 Å². The molecule has 0 saturated carbocycles. The molecule has 0 aliphatic carbocycles. The van der Waals surface area contributed by atoms with Gasteiger partial charge in [-0.05, 0) is 59.1 Å². The second-order valence-corrected chi connectivity index (χ2v) is 9.75. The lowest BCUT2D eigenvalue weighted by Gasteiger charge is -2.27. The highest BCUT2D eigenvalue weighted by Crippen LogP contribution is 2.44. The number of carboxylic acid groups (broad SMARTS) is 2. The zero-order valence-corrected chi connectivity index (χ0v) is 18.8. The number of carboxylic acids is 2. The van der Waals surface area contributed by atoms with Gasteiger partial charge < -0.3 is 20.4 Å². The van der Waals surface area contributed by atoms with Crippen molar-refractivity contribution in [3.8, 4) is 22.6 Å². The van der Waals surface area contributed by atoms with Crippen molar-refractivity contribution in [1.29, 1.82) is 0 Å². The van der Waals surface area contributed by atoms with E-state index >= 15 is 0 Å². The molecular formula is C24H30O6. The first kappa shape index (κ1) is 23.3. The Kier molecular flexibility index (Phi) is 5.70. The van der Waals surface area contributed by atoms with Gasteiger partial charge in [0.05, 0.1) is 0 Å².